The molecule has 0 saturated heterocycles. The van der Waals surface area contributed by atoms with Crippen molar-refractivity contribution in [3.8, 4) is 0 Å². The molecule has 0 saturated carbocycles. The summed E-state index contributed by atoms with van der Waals surface area (Å²) in [6, 6.07) is 3.15. The summed E-state index contributed by atoms with van der Waals surface area (Å²) < 4.78 is 0. The van der Waals surface area contributed by atoms with E-state index in [9.17, 15) is 9.59 Å². The van der Waals surface area contributed by atoms with Crippen molar-refractivity contribution in [1.29, 1.82) is 0 Å². The van der Waals surface area contributed by atoms with Crippen LogP contribution in [0.15, 0.2) is 12.1 Å². The van der Waals surface area contributed by atoms with Gasteiger partial charge in [0.25, 0.3) is 0 Å². The SMILES string of the molecule is Cc1ccc(C(=O)O)c(C)c1[N-]C=O.[K+]. The van der Waals surface area contributed by atoms with Crippen LogP contribution in [0.25, 0.3) is 5.32 Å². The molecular formula is C10H10KNO3. The van der Waals surface area contributed by atoms with E-state index in [1.807, 2.05) is 0 Å². The molecule has 0 aliphatic carbocycles. The summed E-state index contributed by atoms with van der Waals surface area (Å²) in [4.78, 5) is 21.0. The number of benzene rings is 1. The third-order valence-corrected chi connectivity index (χ3v) is 2.04. The van der Waals surface area contributed by atoms with Crippen LogP contribution in [0, 0.1) is 13.8 Å². The van der Waals surface area contributed by atoms with Gasteiger partial charge in [0.15, 0.2) is 0 Å². The summed E-state index contributed by atoms with van der Waals surface area (Å²) in [5.74, 6) is -1.01. The molecule has 1 aromatic carbocycles. The average Bonchev–Trinajstić information content (AvgIpc) is 2.11. The van der Waals surface area contributed by atoms with E-state index in [1.54, 1.807) is 19.9 Å². The van der Waals surface area contributed by atoms with Crippen LogP contribution >= 0.6 is 0 Å². The van der Waals surface area contributed by atoms with Crippen molar-refractivity contribution in [2.45, 2.75) is 13.8 Å². The van der Waals surface area contributed by atoms with E-state index in [-0.39, 0.29) is 56.9 Å². The number of carboxylic acid groups (broad SMARTS) is 1. The first-order chi connectivity index (χ1) is 6.57. The van der Waals surface area contributed by atoms with Gasteiger partial charge in [0.2, 0.25) is 0 Å². The summed E-state index contributed by atoms with van der Waals surface area (Å²) in [6.07, 6.45) is 0.418. The molecule has 1 aromatic rings. The zero-order valence-corrected chi connectivity index (χ0v) is 12.1. The van der Waals surface area contributed by atoms with Crippen LogP contribution in [0.5, 0.6) is 0 Å². The molecule has 0 aliphatic heterocycles. The van der Waals surface area contributed by atoms with Gasteiger partial charge in [0.1, 0.15) is 0 Å². The number of hydrogen-bond acceptors (Lipinski definition) is 2. The molecule has 0 aromatic heterocycles. The molecule has 0 fully saturated rings. The van der Waals surface area contributed by atoms with Crippen molar-refractivity contribution in [3.05, 3.63) is 34.1 Å². The first-order valence-electron chi connectivity index (χ1n) is 4.06. The maximum atomic E-state index is 10.8. The van der Waals surface area contributed by atoms with Gasteiger partial charge in [-0.15, -0.1) is 5.69 Å². The summed E-state index contributed by atoms with van der Waals surface area (Å²) in [5.41, 5.74) is 1.93. The van der Waals surface area contributed by atoms with E-state index in [4.69, 9.17) is 5.11 Å². The van der Waals surface area contributed by atoms with E-state index in [1.165, 1.54) is 6.07 Å². The van der Waals surface area contributed by atoms with Crippen molar-refractivity contribution in [3.63, 3.8) is 0 Å². The summed E-state index contributed by atoms with van der Waals surface area (Å²) in [6.45, 7) is 3.42. The van der Waals surface area contributed by atoms with Crippen molar-refractivity contribution in [1.82, 2.24) is 0 Å². The minimum Gasteiger partial charge on any atom is -0.629 e. The van der Waals surface area contributed by atoms with Crippen LogP contribution in [-0.4, -0.2) is 17.5 Å². The predicted octanol–water partition coefficient (Wildman–Crippen LogP) is -0.833. The summed E-state index contributed by atoms with van der Waals surface area (Å²) in [5, 5.41) is 12.4. The molecule has 0 spiro atoms. The van der Waals surface area contributed by atoms with Crippen molar-refractivity contribution < 1.29 is 66.1 Å². The number of amides is 1. The number of aromatic carboxylic acids is 1. The van der Waals surface area contributed by atoms with Crippen molar-refractivity contribution >= 4 is 18.1 Å². The van der Waals surface area contributed by atoms with Crippen LogP contribution in [0.2, 0.25) is 0 Å². The topological polar surface area (TPSA) is 68.5 Å². The van der Waals surface area contributed by atoms with Crippen LogP contribution in [0.1, 0.15) is 21.5 Å². The maximum absolute atomic E-state index is 10.8. The second kappa shape index (κ2) is 6.39. The molecule has 0 atom stereocenters. The molecule has 15 heavy (non-hydrogen) atoms. The minimum atomic E-state index is -1.01. The van der Waals surface area contributed by atoms with Crippen molar-refractivity contribution in [2.24, 2.45) is 0 Å². The number of hydrogen-bond donors (Lipinski definition) is 1. The molecule has 1 rings (SSSR count). The zero-order valence-electron chi connectivity index (χ0n) is 8.94. The Morgan fingerprint density at radius 2 is 2.00 bits per heavy atom. The second-order valence-electron chi connectivity index (χ2n) is 2.94. The number of carbonyl (C=O) groups is 2. The fourth-order valence-electron chi connectivity index (χ4n) is 1.32. The maximum Gasteiger partial charge on any atom is 1.00 e. The van der Waals surface area contributed by atoms with E-state index in [2.05, 4.69) is 5.32 Å². The largest absolute Gasteiger partial charge is 1.00 e. The molecule has 0 radical (unpaired) electrons. The van der Waals surface area contributed by atoms with Gasteiger partial charge in [-0.1, -0.05) is 17.2 Å². The normalized spacial score (nSPS) is 8.93. The quantitative estimate of drug-likeness (QED) is 0.545. The van der Waals surface area contributed by atoms with Gasteiger partial charge in [-0.3, -0.25) is 0 Å². The Morgan fingerprint density at radius 1 is 1.40 bits per heavy atom. The average molecular weight is 231 g/mol. The Balaban J connectivity index is 0.00000196. The van der Waals surface area contributed by atoms with Gasteiger partial charge in [-0.2, -0.15) is 0 Å². The Hall–Kier alpha value is -0.204. The van der Waals surface area contributed by atoms with E-state index in [0.717, 1.165) is 5.56 Å². The van der Waals surface area contributed by atoms with Crippen molar-refractivity contribution in [2.75, 3.05) is 0 Å². The molecule has 5 heteroatoms. The van der Waals surface area contributed by atoms with E-state index >= 15 is 0 Å². The molecule has 1 amide bonds. The Labute approximate surface area is 130 Å². The molecule has 0 heterocycles. The number of carbonyl (C=O) groups excluding carboxylic acids is 1. The monoisotopic (exact) mass is 231 g/mol. The van der Waals surface area contributed by atoms with Crippen LogP contribution < -0.4 is 51.4 Å². The number of rotatable bonds is 3. The molecule has 0 bridgehead atoms. The Kier molecular flexibility index (Phi) is 6.31. The number of nitrogens with zero attached hydrogens (tertiary/aromatic N) is 1. The minimum absolute atomic E-state index is 0. The third kappa shape index (κ3) is 3.39. The van der Waals surface area contributed by atoms with Gasteiger partial charge in [0.05, 0.1) is 5.56 Å². The van der Waals surface area contributed by atoms with Gasteiger partial charge in [-0.25, -0.2) is 4.79 Å². The first kappa shape index (κ1) is 14.8. The van der Waals surface area contributed by atoms with Gasteiger partial charge in [-0.05, 0) is 19.9 Å². The number of aryl methyl sites for hydroxylation is 1. The fraction of sp³-hybridized carbons (Fsp3) is 0.200. The molecule has 1 N–H and O–H groups in total. The second-order valence-corrected chi connectivity index (χ2v) is 2.94. The van der Waals surface area contributed by atoms with Crippen LogP contribution in [0.3, 0.4) is 0 Å². The fourth-order valence-corrected chi connectivity index (χ4v) is 1.32. The zero-order chi connectivity index (χ0) is 10.7. The summed E-state index contributed by atoms with van der Waals surface area (Å²) in [7, 11) is 0. The molecule has 74 valence electrons. The molecule has 0 aliphatic rings. The predicted molar refractivity (Wildman–Crippen MR) is 52.0 cm³/mol. The van der Waals surface area contributed by atoms with E-state index in [0.29, 0.717) is 17.7 Å². The Morgan fingerprint density at radius 3 is 2.47 bits per heavy atom. The van der Waals surface area contributed by atoms with Gasteiger partial charge in [0, 0.05) is 6.41 Å². The van der Waals surface area contributed by atoms with Crippen LogP contribution in [0.4, 0.5) is 5.69 Å². The smallest absolute Gasteiger partial charge is 0.629 e. The number of carboxylic acids is 1. The molecule has 0 unspecified atom stereocenters. The van der Waals surface area contributed by atoms with E-state index < -0.39 is 5.97 Å². The first-order valence-corrected chi connectivity index (χ1v) is 4.06. The molecular weight excluding hydrogens is 221 g/mol. The standard InChI is InChI=1S/C10H11NO3.K/c1-6-3-4-8(10(13)14)7(2)9(6)11-5-12;/h3-5H,1-2H3,(H2,11,12,13,14);/q;+1/p-1. The van der Waals surface area contributed by atoms with Gasteiger partial charge < -0.3 is 15.2 Å². The third-order valence-electron chi connectivity index (χ3n) is 2.04. The van der Waals surface area contributed by atoms with Crippen LogP contribution in [-0.2, 0) is 4.79 Å². The summed E-state index contributed by atoms with van der Waals surface area (Å²) >= 11 is 0. The van der Waals surface area contributed by atoms with Gasteiger partial charge >= 0.3 is 57.4 Å². The Bertz CT molecular complexity index is 390. The molecule has 4 nitrogen and oxygen atoms in total.